The number of H-pyrrole nitrogens is 1. The molecule has 0 fully saturated rings. The van der Waals surface area contributed by atoms with Gasteiger partial charge in [-0.15, -0.1) is 12.4 Å². The number of aromatic amines is 1. The molecule has 2 N–H and O–H groups in total. The van der Waals surface area contributed by atoms with E-state index in [1.165, 1.54) is 4.57 Å². The van der Waals surface area contributed by atoms with Gasteiger partial charge in [0.25, 0.3) is 5.56 Å². The minimum atomic E-state index is -0.403. The van der Waals surface area contributed by atoms with E-state index in [9.17, 15) is 9.59 Å². The van der Waals surface area contributed by atoms with Gasteiger partial charge in [0.15, 0.2) is 0 Å². The van der Waals surface area contributed by atoms with Gasteiger partial charge in [0.2, 0.25) is 0 Å². The molecule has 1 aliphatic heterocycles. The van der Waals surface area contributed by atoms with Crippen molar-refractivity contribution in [2.24, 2.45) is 4.99 Å². The third kappa shape index (κ3) is 2.97. The van der Waals surface area contributed by atoms with Gasteiger partial charge in [-0.1, -0.05) is 0 Å². The van der Waals surface area contributed by atoms with Gasteiger partial charge in [-0.3, -0.25) is 19.3 Å². The highest BCUT2D eigenvalue weighted by Crippen LogP contribution is 1.96. The standard InChI is InChI=1S/C10H14N4O2.ClH/c1-6-4-14(10(16)13-9(6)15)5-8-11-3-7(2)12-8;/h4,7H,3,5H2,1-2H3,(H,11,12)(H,13,15,16);1H. The van der Waals surface area contributed by atoms with Crippen LogP contribution >= 0.6 is 12.4 Å². The molecule has 17 heavy (non-hydrogen) atoms. The van der Waals surface area contributed by atoms with Gasteiger partial charge in [0.05, 0.1) is 13.1 Å². The van der Waals surface area contributed by atoms with Gasteiger partial charge >= 0.3 is 5.69 Å². The Morgan fingerprint density at radius 3 is 2.82 bits per heavy atom. The first-order chi connectivity index (χ1) is 7.56. The lowest BCUT2D eigenvalue weighted by atomic mass is 10.3. The molecule has 0 spiro atoms. The highest BCUT2D eigenvalue weighted by Gasteiger charge is 2.13. The van der Waals surface area contributed by atoms with E-state index in [0.717, 1.165) is 12.4 Å². The summed E-state index contributed by atoms with van der Waals surface area (Å²) in [6, 6.07) is 0.314. The quantitative estimate of drug-likeness (QED) is 0.762. The van der Waals surface area contributed by atoms with Gasteiger partial charge in [-0.05, 0) is 13.8 Å². The summed E-state index contributed by atoms with van der Waals surface area (Å²) in [5, 5.41) is 3.16. The van der Waals surface area contributed by atoms with Crippen molar-refractivity contribution in [1.29, 1.82) is 0 Å². The lowest BCUT2D eigenvalue weighted by Gasteiger charge is -2.08. The Hall–Kier alpha value is -1.56. The van der Waals surface area contributed by atoms with Crippen molar-refractivity contribution < 1.29 is 0 Å². The molecule has 0 radical (unpaired) electrons. The molecule has 2 heterocycles. The van der Waals surface area contributed by atoms with Crippen LogP contribution in [-0.4, -0.2) is 28.0 Å². The molecule has 94 valence electrons. The average Bonchev–Trinajstić information content (AvgIpc) is 2.60. The third-order valence-electron chi connectivity index (χ3n) is 2.48. The Labute approximate surface area is 104 Å². The largest absolute Gasteiger partial charge is 0.368 e. The van der Waals surface area contributed by atoms with Crippen LogP contribution in [0.25, 0.3) is 0 Å². The van der Waals surface area contributed by atoms with Crippen LogP contribution in [-0.2, 0) is 6.54 Å². The molecule has 0 aromatic carbocycles. The predicted molar refractivity (Wildman–Crippen MR) is 68.2 cm³/mol. The SMILES string of the molecule is Cc1cn(CC2=NCC(C)N2)c(=O)[nH]c1=O.Cl. The molecule has 0 saturated carbocycles. The normalized spacial score (nSPS) is 18.2. The summed E-state index contributed by atoms with van der Waals surface area (Å²) < 4.78 is 1.45. The second-order valence-electron chi connectivity index (χ2n) is 4.03. The second-order valence-corrected chi connectivity index (χ2v) is 4.03. The Morgan fingerprint density at radius 2 is 2.24 bits per heavy atom. The molecule has 7 heteroatoms. The van der Waals surface area contributed by atoms with E-state index >= 15 is 0 Å². The molecule has 2 rings (SSSR count). The fourth-order valence-corrected chi connectivity index (χ4v) is 1.62. The molecule has 0 aliphatic carbocycles. The Morgan fingerprint density at radius 1 is 1.53 bits per heavy atom. The number of halogens is 1. The summed E-state index contributed by atoms with van der Waals surface area (Å²) in [5.41, 5.74) is -0.221. The maximum atomic E-state index is 11.5. The van der Waals surface area contributed by atoms with Crippen LogP contribution in [0.2, 0.25) is 0 Å². The zero-order valence-corrected chi connectivity index (χ0v) is 10.5. The topological polar surface area (TPSA) is 79.2 Å². The van der Waals surface area contributed by atoms with Crippen LogP contribution in [0, 0.1) is 6.92 Å². The van der Waals surface area contributed by atoms with Gasteiger partial charge < -0.3 is 5.32 Å². The summed E-state index contributed by atoms with van der Waals surface area (Å²) in [5.74, 6) is 0.779. The number of hydrogen-bond donors (Lipinski definition) is 2. The predicted octanol–water partition coefficient (Wildman–Crippen LogP) is -0.343. The van der Waals surface area contributed by atoms with Crippen molar-refractivity contribution in [2.75, 3.05) is 6.54 Å². The monoisotopic (exact) mass is 258 g/mol. The molecule has 0 bridgehead atoms. The number of aliphatic imine (C=N–C) groups is 1. The van der Waals surface area contributed by atoms with Gasteiger partial charge in [0.1, 0.15) is 5.84 Å². The van der Waals surface area contributed by atoms with Crippen molar-refractivity contribution in [3.05, 3.63) is 32.6 Å². The van der Waals surface area contributed by atoms with Crippen molar-refractivity contribution in [1.82, 2.24) is 14.9 Å². The zero-order valence-electron chi connectivity index (χ0n) is 9.69. The number of rotatable bonds is 2. The maximum Gasteiger partial charge on any atom is 0.328 e. The number of aryl methyl sites for hydroxylation is 1. The first kappa shape index (κ1) is 13.5. The smallest absolute Gasteiger partial charge is 0.328 e. The number of hydrogen-bond acceptors (Lipinski definition) is 4. The molecule has 1 unspecified atom stereocenters. The molecule has 1 aromatic heterocycles. The van der Waals surface area contributed by atoms with Gasteiger partial charge in [-0.2, -0.15) is 0 Å². The number of nitrogens with zero attached hydrogens (tertiary/aromatic N) is 2. The highest BCUT2D eigenvalue weighted by atomic mass is 35.5. The van der Waals surface area contributed by atoms with Crippen molar-refractivity contribution in [2.45, 2.75) is 26.4 Å². The molecular weight excluding hydrogens is 244 g/mol. The van der Waals surface area contributed by atoms with E-state index in [4.69, 9.17) is 0 Å². The maximum absolute atomic E-state index is 11.5. The Balaban J connectivity index is 0.00000144. The molecule has 0 saturated heterocycles. The summed E-state index contributed by atoms with van der Waals surface area (Å²) in [6.45, 7) is 4.80. The van der Waals surface area contributed by atoms with Crippen LogP contribution in [0.5, 0.6) is 0 Å². The Kier molecular flexibility index (Phi) is 4.11. The first-order valence-corrected chi connectivity index (χ1v) is 5.16. The third-order valence-corrected chi connectivity index (χ3v) is 2.48. The Bertz CT molecular complexity index is 546. The number of nitrogens with one attached hydrogen (secondary N) is 2. The van der Waals surface area contributed by atoms with Crippen LogP contribution in [0.1, 0.15) is 12.5 Å². The number of amidine groups is 1. The van der Waals surface area contributed by atoms with Crippen LogP contribution in [0.4, 0.5) is 0 Å². The molecule has 1 aromatic rings. The van der Waals surface area contributed by atoms with Gasteiger partial charge in [0, 0.05) is 17.8 Å². The van der Waals surface area contributed by atoms with Crippen molar-refractivity contribution in [3.8, 4) is 0 Å². The molecule has 0 amide bonds. The number of aromatic nitrogens is 2. The van der Waals surface area contributed by atoms with E-state index in [1.807, 2.05) is 6.92 Å². The lowest BCUT2D eigenvalue weighted by molar-refractivity contribution is 0.698. The summed E-state index contributed by atoms with van der Waals surface area (Å²) >= 11 is 0. The van der Waals surface area contributed by atoms with E-state index in [2.05, 4.69) is 15.3 Å². The van der Waals surface area contributed by atoms with E-state index in [-0.39, 0.29) is 18.0 Å². The molecule has 6 nitrogen and oxygen atoms in total. The second kappa shape index (κ2) is 5.18. The lowest BCUT2D eigenvalue weighted by Crippen LogP contribution is -2.36. The first-order valence-electron chi connectivity index (χ1n) is 5.16. The zero-order chi connectivity index (χ0) is 11.7. The summed E-state index contributed by atoms with van der Waals surface area (Å²) in [4.78, 5) is 29.2. The molecule has 1 aliphatic rings. The highest BCUT2D eigenvalue weighted by molar-refractivity contribution is 5.85. The average molecular weight is 259 g/mol. The van der Waals surface area contributed by atoms with E-state index in [1.54, 1.807) is 13.1 Å². The van der Waals surface area contributed by atoms with E-state index < -0.39 is 5.69 Å². The van der Waals surface area contributed by atoms with Crippen LogP contribution in [0.3, 0.4) is 0 Å². The fraction of sp³-hybridized carbons (Fsp3) is 0.500. The summed E-state index contributed by atoms with van der Waals surface area (Å²) in [6.07, 6.45) is 1.55. The van der Waals surface area contributed by atoms with E-state index in [0.29, 0.717) is 18.2 Å². The fourth-order valence-electron chi connectivity index (χ4n) is 1.62. The van der Waals surface area contributed by atoms with Crippen molar-refractivity contribution in [3.63, 3.8) is 0 Å². The summed E-state index contributed by atoms with van der Waals surface area (Å²) in [7, 11) is 0. The molecule has 1 atom stereocenters. The van der Waals surface area contributed by atoms with Crippen LogP contribution in [0.15, 0.2) is 20.8 Å². The minimum Gasteiger partial charge on any atom is -0.368 e. The minimum absolute atomic E-state index is 0. The van der Waals surface area contributed by atoms with Gasteiger partial charge in [-0.25, -0.2) is 4.79 Å². The van der Waals surface area contributed by atoms with Crippen LogP contribution < -0.4 is 16.6 Å². The molecular formula is C10H15ClN4O2. The van der Waals surface area contributed by atoms with Crippen molar-refractivity contribution >= 4 is 18.2 Å².